The van der Waals surface area contributed by atoms with Crippen molar-refractivity contribution in [1.82, 2.24) is 4.90 Å². The van der Waals surface area contributed by atoms with Crippen molar-refractivity contribution in [3.63, 3.8) is 0 Å². The summed E-state index contributed by atoms with van der Waals surface area (Å²) in [4.78, 5) is 13.6. The van der Waals surface area contributed by atoms with Crippen molar-refractivity contribution >= 4 is 5.78 Å². The average Bonchev–Trinajstić information content (AvgIpc) is 2.20. The largest absolute Gasteiger partial charge is 0.309 e. The normalized spacial score (nSPS) is 10.8. The van der Waals surface area contributed by atoms with E-state index in [2.05, 4.69) is 0 Å². The summed E-state index contributed by atoms with van der Waals surface area (Å²) in [7, 11) is 3.86. The van der Waals surface area contributed by atoms with Gasteiger partial charge in [0.25, 0.3) is 0 Å². The van der Waals surface area contributed by atoms with E-state index in [0.29, 0.717) is 12.8 Å². The Morgan fingerprint density at radius 2 is 2.06 bits per heavy atom. The molecule has 1 aromatic carbocycles. The average molecular weight is 223 g/mol. The number of carbonyl (C=O) groups is 1. The van der Waals surface area contributed by atoms with E-state index in [0.717, 1.165) is 17.7 Å². The first-order valence-corrected chi connectivity index (χ1v) is 5.40. The fourth-order valence-electron chi connectivity index (χ4n) is 1.48. The Balaban J connectivity index is 2.59. The third kappa shape index (κ3) is 4.11. The number of benzene rings is 1. The quantitative estimate of drug-likeness (QED) is 0.762. The van der Waals surface area contributed by atoms with Gasteiger partial charge >= 0.3 is 0 Å². The first-order chi connectivity index (χ1) is 7.49. The summed E-state index contributed by atoms with van der Waals surface area (Å²) >= 11 is 0. The number of ketones is 1. The third-order valence-electron chi connectivity index (χ3n) is 2.54. The highest BCUT2D eigenvalue weighted by molar-refractivity contribution is 5.81. The van der Waals surface area contributed by atoms with Gasteiger partial charge in [0.2, 0.25) is 0 Å². The van der Waals surface area contributed by atoms with E-state index in [1.54, 1.807) is 6.07 Å². The van der Waals surface area contributed by atoms with Gasteiger partial charge in [-0.3, -0.25) is 4.79 Å². The second kappa shape index (κ2) is 5.75. The summed E-state index contributed by atoms with van der Waals surface area (Å²) in [5.74, 6) is -0.122. The molecule has 3 heteroatoms. The zero-order valence-corrected chi connectivity index (χ0v) is 10.1. The topological polar surface area (TPSA) is 20.3 Å². The Kier molecular flexibility index (Phi) is 4.62. The molecular formula is C13H18FNO. The molecule has 0 saturated carbocycles. The molecule has 0 bridgehead atoms. The SMILES string of the molecule is Cc1ccc(F)cc1CC(=O)CCN(C)C. The summed E-state index contributed by atoms with van der Waals surface area (Å²) in [6, 6.07) is 4.58. The highest BCUT2D eigenvalue weighted by Crippen LogP contribution is 2.11. The second-order valence-electron chi connectivity index (χ2n) is 4.34. The summed E-state index contributed by atoms with van der Waals surface area (Å²) in [6.07, 6.45) is 0.848. The first-order valence-electron chi connectivity index (χ1n) is 5.40. The molecule has 0 atom stereocenters. The van der Waals surface area contributed by atoms with Crippen molar-refractivity contribution in [2.45, 2.75) is 19.8 Å². The van der Waals surface area contributed by atoms with Crippen LogP contribution in [0.5, 0.6) is 0 Å². The number of hydrogen-bond donors (Lipinski definition) is 0. The zero-order chi connectivity index (χ0) is 12.1. The van der Waals surface area contributed by atoms with Crippen LogP contribution in [0.2, 0.25) is 0 Å². The van der Waals surface area contributed by atoms with E-state index >= 15 is 0 Å². The Bertz CT molecular complexity index is 374. The highest BCUT2D eigenvalue weighted by Gasteiger charge is 2.07. The van der Waals surface area contributed by atoms with E-state index in [-0.39, 0.29) is 11.6 Å². The molecule has 1 rings (SSSR count). The lowest BCUT2D eigenvalue weighted by Gasteiger charge is -2.09. The van der Waals surface area contributed by atoms with Gasteiger partial charge in [0, 0.05) is 19.4 Å². The Hall–Kier alpha value is -1.22. The summed E-state index contributed by atoms with van der Waals surface area (Å²) in [6.45, 7) is 2.64. The lowest BCUT2D eigenvalue weighted by atomic mass is 10.0. The molecule has 0 aliphatic heterocycles. The van der Waals surface area contributed by atoms with Gasteiger partial charge < -0.3 is 4.90 Å². The number of nitrogens with zero attached hydrogens (tertiary/aromatic N) is 1. The van der Waals surface area contributed by atoms with E-state index in [9.17, 15) is 9.18 Å². The molecule has 0 radical (unpaired) electrons. The maximum Gasteiger partial charge on any atom is 0.138 e. The van der Waals surface area contributed by atoms with Crippen LogP contribution in [0.15, 0.2) is 18.2 Å². The van der Waals surface area contributed by atoms with Crippen molar-refractivity contribution in [2.24, 2.45) is 0 Å². The first kappa shape index (κ1) is 12.8. The molecule has 0 aliphatic rings. The lowest BCUT2D eigenvalue weighted by molar-refractivity contribution is -0.118. The molecule has 0 N–H and O–H groups in total. The number of Topliss-reactive ketones (excluding diaryl/α,β-unsaturated/α-hetero) is 1. The Morgan fingerprint density at radius 1 is 1.38 bits per heavy atom. The molecule has 0 unspecified atom stereocenters. The summed E-state index contributed by atoms with van der Waals surface area (Å²) in [5.41, 5.74) is 1.77. The maximum atomic E-state index is 13.0. The molecule has 0 aromatic heterocycles. The van der Waals surface area contributed by atoms with Crippen LogP contribution in [0.3, 0.4) is 0 Å². The molecule has 0 saturated heterocycles. The van der Waals surface area contributed by atoms with Crippen molar-refractivity contribution in [3.05, 3.63) is 35.1 Å². The number of carbonyl (C=O) groups excluding carboxylic acids is 1. The van der Waals surface area contributed by atoms with Gasteiger partial charge in [-0.15, -0.1) is 0 Å². The van der Waals surface area contributed by atoms with Crippen LogP contribution in [0, 0.1) is 12.7 Å². The van der Waals surface area contributed by atoms with Crippen molar-refractivity contribution < 1.29 is 9.18 Å². The number of rotatable bonds is 5. The monoisotopic (exact) mass is 223 g/mol. The molecule has 0 fully saturated rings. The minimum atomic E-state index is -0.277. The van der Waals surface area contributed by atoms with Gasteiger partial charge in [0.05, 0.1) is 0 Å². The Morgan fingerprint density at radius 3 is 2.69 bits per heavy atom. The minimum absolute atomic E-state index is 0.155. The standard InChI is InChI=1S/C13H18FNO/c1-10-4-5-12(14)8-11(10)9-13(16)6-7-15(2)3/h4-5,8H,6-7,9H2,1-3H3. The number of hydrogen-bond acceptors (Lipinski definition) is 2. The summed E-state index contributed by atoms with van der Waals surface area (Å²) < 4.78 is 13.0. The fraction of sp³-hybridized carbons (Fsp3) is 0.462. The zero-order valence-electron chi connectivity index (χ0n) is 10.1. The molecule has 0 aliphatic carbocycles. The van der Waals surface area contributed by atoms with Crippen LogP contribution in [-0.2, 0) is 11.2 Å². The Labute approximate surface area is 96.1 Å². The minimum Gasteiger partial charge on any atom is -0.309 e. The third-order valence-corrected chi connectivity index (χ3v) is 2.54. The lowest BCUT2D eigenvalue weighted by Crippen LogP contribution is -2.17. The van der Waals surface area contributed by atoms with Gasteiger partial charge in [-0.05, 0) is 44.3 Å². The highest BCUT2D eigenvalue weighted by atomic mass is 19.1. The van der Waals surface area contributed by atoms with Crippen LogP contribution in [0.25, 0.3) is 0 Å². The molecule has 88 valence electrons. The predicted octanol–water partition coefficient (Wildman–Crippen LogP) is 2.20. The van der Waals surface area contributed by atoms with Gasteiger partial charge in [-0.25, -0.2) is 4.39 Å². The number of aryl methyl sites for hydroxylation is 1. The van der Waals surface area contributed by atoms with Crippen molar-refractivity contribution in [3.8, 4) is 0 Å². The van der Waals surface area contributed by atoms with E-state index in [4.69, 9.17) is 0 Å². The predicted molar refractivity (Wildman–Crippen MR) is 63.0 cm³/mol. The molecule has 0 amide bonds. The molecule has 1 aromatic rings. The molecule has 0 spiro atoms. The van der Waals surface area contributed by atoms with Crippen molar-refractivity contribution in [2.75, 3.05) is 20.6 Å². The second-order valence-corrected chi connectivity index (χ2v) is 4.34. The molecule has 16 heavy (non-hydrogen) atoms. The van der Waals surface area contributed by atoms with Crippen LogP contribution >= 0.6 is 0 Å². The van der Waals surface area contributed by atoms with E-state index in [1.807, 2.05) is 25.9 Å². The van der Waals surface area contributed by atoms with Crippen LogP contribution in [0.1, 0.15) is 17.5 Å². The number of halogens is 1. The van der Waals surface area contributed by atoms with Crippen LogP contribution in [-0.4, -0.2) is 31.3 Å². The molecule has 0 heterocycles. The molecular weight excluding hydrogens is 205 g/mol. The van der Waals surface area contributed by atoms with Gasteiger partial charge in [0.15, 0.2) is 0 Å². The van der Waals surface area contributed by atoms with Gasteiger partial charge in [-0.1, -0.05) is 6.07 Å². The van der Waals surface area contributed by atoms with Gasteiger partial charge in [0.1, 0.15) is 11.6 Å². The molecule has 2 nitrogen and oxygen atoms in total. The van der Waals surface area contributed by atoms with E-state index in [1.165, 1.54) is 12.1 Å². The maximum absolute atomic E-state index is 13.0. The van der Waals surface area contributed by atoms with Crippen molar-refractivity contribution in [1.29, 1.82) is 0 Å². The smallest absolute Gasteiger partial charge is 0.138 e. The van der Waals surface area contributed by atoms with Crippen LogP contribution < -0.4 is 0 Å². The van der Waals surface area contributed by atoms with Crippen LogP contribution in [0.4, 0.5) is 4.39 Å². The fourth-order valence-corrected chi connectivity index (χ4v) is 1.48. The van der Waals surface area contributed by atoms with E-state index < -0.39 is 0 Å². The van der Waals surface area contributed by atoms with Gasteiger partial charge in [-0.2, -0.15) is 0 Å². The summed E-state index contributed by atoms with van der Waals surface area (Å²) in [5, 5.41) is 0.